The highest BCUT2D eigenvalue weighted by molar-refractivity contribution is 5.10. The van der Waals surface area contributed by atoms with E-state index in [4.69, 9.17) is 5.73 Å². The molecular formula is C10H17NO. The van der Waals surface area contributed by atoms with Crippen LogP contribution in [0.5, 0.6) is 0 Å². The van der Waals surface area contributed by atoms with Crippen molar-refractivity contribution >= 4 is 0 Å². The third-order valence-electron chi connectivity index (χ3n) is 4.09. The average molecular weight is 167 g/mol. The summed E-state index contributed by atoms with van der Waals surface area (Å²) in [5.41, 5.74) is 6.10. The van der Waals surface area contributed by atoms with E-state index in [1.807, 2.05) is 0 Å². The van der Waals surface area contributed by atoms with E-state index in [1.54, 1.807) is 0 Å². The molecule has 0 amide bonds. The quantitative estimate of drug-likeness (QED) is 0.566. The first-order valence-electron chi connectivity index (χ1n) is 5.08. The van der Waals surface area contributed by atoms with Crippen LogP contribution in [0.3, 0.4) is 0 Å². The number of aliphatic hydroxyl groups is 1. The largest absolute Gasteiger partial charge is 0.390 e. The van der Waals surface area contributed by atoms with Gasteiger partial charge >= 0.3 is 0 Å². The first kappa shape index (κ1) is 7.34. The fraction of sp³-hybridized carbons (Fsp3) is 1.00. The zero-order valence-electron chi connectivity index (χ0n) is 7.42. The van der Waals surface area contributed by atoms with Gasteiger partial charge in [0.2, 0.25) is 0 Å². The lowest BCUT2D eigenvalue weighted by molar-refractivity contribution is -0.137. The molecule has 0 aromatic carbocycles. The smallest absolute Gasteiger partial charge is 0.0655 e. The molecule has 6 rings (SSSR count). The van der Waals surface area contributed by atoms with Gasteiger partial charge in [-0.1, -0.05) is 0 Å². The van der Waals surface area contributed by atoms with Gasteiger partial charge in [0.1, 0.15) is 0 Å². The van der Waals surface area contributed by atoms with Gasteiger partial charge in [-0.15, -0.1) is 0 Å². The summed E-state index contributed by atoms with van der Waals surface area (Å²) in [5, 5.41) is 9.98. The highest BCUT2D eigenvalue weighted by Crippen LogP contribution is 2.56. The highest BCUT2D eigenvalue weighted by Gasteiger charge is 2.54. The summed E-state index contributed by atoms with van der Waals surface area (Å²) in [5.74, 6) is 1.47. The summed E-state index contributed by atoms with van der Waals surface area (Å²) in [6.07, 6.45) is 6.61. The van der Waals surface area contributed by atoms with Gasteiger partial charge in [0.05, 0.1) is 5.60 Å². The molecule has 2 nitrogen and oxygen atoms in total. The fourth-order valence-electron chi connectivity index (χ4n) is 3.84. The van der Waals surface area contributed by atoms with Crippen molar-refractivity contribution in [3.63, 3.8) is 0 Å². The molecule has 0 saturated heterocycles. The molecule has 68 valence electrons. The van der Waals surface area contributed by atoms with E-state index in [2.05, 4.69) is 0 Å². The Kier molecular flexibility index (Phi) is 1.15. The Morgan fingerprint density at radius 3 is 1.83 bits per heavy atom. The van der Waals surface area contributed by atoms with Crippen molar-refractivity contribution in [2.24, 2.45) is 17.6 Å². The summed E-state index contributed by atoms with van der Waals surface area (Å²) >= 11 is 0. The van der Waals surface area contributed by atoms with Crippen molar-refractivity contribution < 1.29 is 5.11 Å². The molecule has 0 spiro atoms. The summed E-state index contributed by atoms with van der Waals surface area (Å²) in [7, 11) is 0. The second-order valence-corrected chi connectivity index (χ2v) is 5.54. The minimum atomic E-state index is -0.267. The van der Waals surface area contributed by atoms with E-state index < -0.39 is 0 Å². The summed E-state index contributed by atoms with van der Waals surface area (Å²) < 4.78 is 0. The molecule has 3 N–H and O–H groups in total. The molecule has 6 aliphatic carbocycles. The fourth-order valence-corrected chi connectivity index (χ4v) is 3.84. The van der Waals surface area contributed by atoms with Gasteiger partial charge in [0.25, 0.3) is 0 Å². The Balaban J connectivity index is 1.81. The minimum Gasteiger partial charge on any atom is -0.390 e. The molecule has 0 aromatic rings. The van der Waals surface area contributed by atoms with Gasteiger partial charge in [0.15, 0.2) is 0 Å². The van der Waals surface area contributed by atoms with Gasteiger partial charge < -0.3 is 10.8 Å². The lowest BCUT2D eigenvalue weighted by Crippen LogP contribution is -2.61. The summed E-state index contributed by atoms with van der Waals surface area (Å²) in [4.78, 5) is 0. The van der Waals surface area contributed by atoms with Crippen molar-refractivity contribution in [3.05, 3.63) is 0 Å². The molecule has 6 aliphatic rings. The van der Waals surface area contributed by atoms with Crippen LogP contribution in [-0.4, -0.2) is 16.2 Å². The maximum atomic E-state index is 9.98. The predicted octanol–water partition coefficient (Wildman–Crippen LogP) is 1.03. The van der Waals surface area contributed by atoms with Crippen molar-refractivity contribution in [2.75, 3.05) is 0 Å². The molecule has 0 radical (unpaired) electrons. The predicted molar refractivity (Wildman–Crippen MR) is 46.6 cm³/mol. The molecule has 6 fully saturated rings. The Hall–Kier alpha value is -0.0800. The normalized spacial score (nSPS) is 62.5. The number of hydrogen-bond donors (Lipinski definition) is 2. The van der Waals surface area contributed by atoms with Crippen LogP contribution < -0.4 is 5.73 Å². The van der Waals surface area contributed by atoms with Crippen LogP contribution in [-0.2, 0) is 0 Å². The summed E-state index contributed by atoms with van der Waals surface area (Å²) in [6.45, 7) is 0. The Morgan fingerprint density at radius 2 is 1.33 bits per heavy atom. The maximum absolute atomic E-state index is 9.98. The Labute approximate surface area is 73.1 Å². The van der Waals surface area contributed by atoms with Gasteiger partial charge in [-0.25, -0.2) is 0 Å². The lowest BCUT2D eigenvalue weighted by atomic mass is 9.51. The highest BCUT2D eigenvalue weighted by atomic mass is 16.3. The molecule has 2 heteroatoms. The third-order valence-corrected chi connectivity index (χ3v) is 4.09. The molecule has 0 heterocycles. The first-order valence-corrected chi connectivity index (χ1v) is 5.08. The minimum absolute atomic E-state index is 0.178. The molecule has 0 unspecified atom stereocenters. The molecule has 12 heavy (non-hydrogen) atoms. The second kappa shape index (κ2) is 1.88. The Bertz CT molecular complexity index is 190. The van der Waals surface area contributed by atoms with Crippen LogP contribution in [0, 0.1) is 11.8 Å². The second-order valence-electron chi connectivity index (χ2n) is 5.54. The zero-order chi connectivity index (χ0) is 8.40. The number of hydrogen-bond acceptors (Lipinski definition) is 2. The standard InChI is InChI=1S/C10H17NO/c11-9-1-7(2-9)4-10(12)5-8(3-9)6-10/h7-8,12H,1-6,11H2. The zero-order valence-corrected chi connectivity index (χ0v) is 7.42. The van der Waals surface area contributed by atoms with E-state index in [0.717, 1.165) is 31.1 Å². The van der Waals surface area contributed by atoms with E-state index in [9.17, 15) is 5.11 Å². The van der Waals surface area contributed by atoms with Crippen LogP contribution in [0.2, 0.25) is 0 Å². The van der Waals surface area contributed by atoms with E-state index in [1.165, 1.54) is 19.3 Å². The first-order chi connectivity index (χ1) is 5.57. The van der Waals surface area contributed by atoms with Crippen LogP contribution >= 0.6 is 0 Å². The van der Waals surface area contributed by atoms with Gasteiger partial charge in [-0.05, 0) is 50.4 Å². The Morgan fingerprint density at radius 1 is 0.917 bits per heavy atom. The molecule has 6 saturated carbocycles. The molecule has 0 atom stereocenters. The van der Waals surface area contributed by atoms with Crippen LogP contribution in [0.4, 0.5) is 0 Å². The lowest BCUT2D eigenvalue weighted by Gasteiger charge is -2.58. The molecule has 4 bridgehead atoms. The average Bonchev–Trinajstić information content (AvgIpc) is 1.75. The molecule has 0 aromatic heterocycles. The molecular weight excluding hydrogens is 150 g/mol. The van der Waals surface area contributed by atoms with E-state index in [-0.39, 0.29) is 11.1 Å². The van der Waals surface area contributed by atoms with Gasteiger partial charge in [-0.3, -0.25) is 0 Å². The summed E-state index contributed by atoms with van der Waals surface area (Å²) in [6, 6.07) is 0. The van der Waals surface area contributed by atoms with E-state index >= 15 is 0 Å². The third kappa shape index (κ3) is 0.882. The van der Waals surface area contributed by atoms with Crippen LogP contribution in [0.15, 0.2) is 0 Å². The monoisotopic (exact) mass is 167 g/mol. The van der Waals surface area contributed by atoms with Crippen molar-refractivity contribution in [2.45, 2.75) is 49.7 Å². The number of nitrogens with two attached hydrogens (primary N) is 1. The van der Waals surface area contributed by atoms with Crippen LogP contribution in [0.25, 0.3) is 0 Å². The maximum Gasteiger partial charge on any atom is 0.0655 e. The van der Waals surface area contributed by atoms with Gasteiger partial charge in [-0.2, -0.15) is 0 Å². The number of rotatable bonds is 0. The van der Waals surface area contributed by atoms with Crippen LogP contribution in [0.1, 0.15) is 38.5 Å². The van der Waals surface area contributed by atoms with Gasteiger partial charge in [0, 0.05) is 5.54 Å². The van der Waals surface area contributed by atoms with Crippen molar-refractivity contribution in [3.8, 4) is 0 Å². The SMILES string of the molecule is NC12CC(C1)CC1(O)CC(C2)C1. The van der Waals surface area contributed by atoms with Crippen molar-refractivity contribution in [1.29, 1.82) is 0 Å². The van der Waals surface area contributed by atoms with Crippen molar-refractivity contribution in [1.82, 2.24) is 0 Å². The topological polar surface area (TPSA) is 46.2 Å². The van der Waals surface area contributed by atoms with E-state index in [0.29, 0.717) is 0 Å². The molecule has 0 aliphatic heterocycles.